The molecule has 5 nitrogen and oxygen atoms in total. The van der Waals surface area contributed by atoms with Gasteiger partial charge in [-0.05, 0) is 48.2 Å². The number of Topliss-reactive ketones (excluding diaryl/α,β-unsaturated/α-hetero) is 1. The van der Waals surface area contributed by atoms with Gasteiger partial charge in [0.25, 0.3) is 0 Å². The van der Waals surface area contributed by atoms with Gasteiger partial charge in [-0.3, -0.25) is 4.79 Å². The Labute approximate surface area is 198 Å². The molecule has 0 aromatic heterocycles. The molecule has 0 radical (unpaired) electrons. The molecule has 2 rings (SSSR count). The maximum Gasteiger partial charge on any atom is 0.175 e. The highest BCUT2D eigenvalue weighted by Crippen LogP contribution is 2.42. The van der Waals surface area contributed by atoms with Crippen LogP contribution in [0.25, 0.3) is 0 Å². The van der Waals surface area contributed by atoms with Crippen molar-refractivity contribution in [3.05, 3.63) is 59.7 Å². The largest absolute Gasteiger partial charge is 0.491 e. The molecule has 1 atom stereocenters. The van der Waals surface area contributed by atoms with Crippen molar-refractivity contribution in [1.82, 2.24) is 0 Å². The van der Waals surface area contributed by atoms with Crippen molar-refractivity contribution in [2.24, 2.45) is 5.41 Å². The van der Waals surface area contributed by atoms with Gasteiger partial charge in [0.15, 0.2) is 5.78 Å². The van der Waals surface area contributed by atoms with Crippen molar-refractivity contribution in [2.45, 2.75) is 71.8 Å². The van der Waals surface area contributed by atoms with Gasteiger partial charge in [0.05, 0.1) is 6.61 Å². The number of aliphatic hydroxyl groups excluding tert-OH is 2. The maximum absolute atomic E-state index is 12.2. The third-order valence-electron chi connectivity index (χ3n) is 6.03. The standard InChI is InChI=1S/C28H40O5/c1-6-16-28(17-7-2,21-8-12-24(13-9-21)32-19-23(30)18-29)22-10-14-25(15-11-22)33-20-26(31)27(3,4)5/h8-15,23,29-30H,6-7,16-20H2,1-5H3/t23-/m0/s1. The molecule has 0 aliphatic rings. The van der Waals surface area contributed by atoms with E-state index in [0.29, 0.717) is 11.5 Å². The number of carbonyl (C=O) groups is 1. The van der Waals surface area contributed by atoms with E-state index in [1.54, 1.807) is 0 Å². The highest BCUT2D eigenvalue weighted by molar-refractivity contribution is 5.85. The fraction of sp³-hybridized carbons (Fsp3) is 0.536. The van der Waals surface area contributed by atoms with Gasteiger partial charge in [-0.1, -0.05) is 71.7 Å². The average molecular weight is 457 g/mol. The maximum atomic E-state index is 12.2. The number of ketones is 1. The summed E-state index contributed by atoms with van der Waals surface area (Å²) in [6, 6.07) is 16.2. The predicted molar refractivity (Wildman–Crippen MR) is 132 cm³/mol. The lowest BCUT2D eigenvalue weighted by Gasteiger charge is -2.35. The highest BCUT2D eigenvalue weighted by Gasteiger charge is 2.32. The molecule has 0 bridgehead atoms. The summed E-state index contributed by atoms with van der Waals surface area (Å²) < 4.78 is 11.3. The van der Waals surface area contributed by atoms with E-state index in [4.69, 9.17) is 14.6 Å². The first-order chi connectivity index (χ1) is 15.7. The van der Waals surface area contributed by atoms with Gasteiger partial charge in [-0.25, -0.2) is 0 Å². The zero-order valence-corrected chi connectivity index (χ0v) is 20.8. The molecule has 2 aromatic carbocycles. The molecule has 5 heteroatoms. The highest BCUT2D eigenvalue weighted by atomic mass is 16.5. The number of hydrogen-bond donors (Lipinski definition) is 2. The summed E-state index contributed by atoms with van der Waals surface area (Å²) in [6.07, 6.45) is 3.21. The minimum atomic E-state index is -0.886. The van der Waals surface area contributed by atoms with Crippen molar-refractivity contribution in [3.8, 4) is 11.5 Å². The van der Waals surface area contributed by atoms with Crippen LogP contribution in [0.15, 0.2) is 48.5 Å². The van der Waals surface area contributed by atoms with Crippen LogP contribution in [0.3, 0.4) is 0 Å². The number of benzene rings is 2. The van der Waals surface area contributed by atoms with Gasteiger partial charge in [-0.2, -0.15) is 0 Å². The fourth-order valence-electron chi connectivity index (χ4n) is 4.07. The number of carbonyl (C=O) groups excluding carboxylic acids is 1. The van der Waals surface area contributed by atoms with E-state index in [-0.39, 0.29) is 31.0 Å². The topological polar surface area (TPSA) is 76.0 Å². The van der Waals surface area contributed by atoms with E-state index in [2.05, 4.69) is 38.1 Å². The van der Waals surface area contributed by atoms with Crippen LogP contribution >= 0.6 is 0 Å². The Balaban J connectivity index is 2.27. The molecule has 0 unspecified atom stereocenters. The SMILES string of the molecule is CCCC(CCC)(c1ccc(OCC(=O)C(C)(C)C)cc1)c1ccc(OC[C@@H](O)CO)cc1. The van der Waals surface area contributed by atoms with Crippen LogP contribution in [0.5, 0.6) is 11.5 Å². The predicted octanol–water partition coefficient (Wildman–Crippen LogP) is 5.30. The van der Waals surface area contributed by atoms with Crippen molar-refractivity contribution in [3.63, 3.8) is 0 Å². The van der Waals surface area contributed by atoms with Crippen molar-refractivity contribution in [2.75, 3.05) is 19.8 Å². The monoisotopic (exact) mass is 456 g/mol. The Morgan fingerprint density at radius 3 is 1.70 bits per heavy atom. The summed E-state index contributed by atoms with van der Waals surface area (Å²) in [5.41, 5.74) is 1.90. The van der Waals surface area contributed by atoms with E-state index in [1.165, 1.54) is 11.1 Å². The zero-order valence-electron chi connectivity index (χ0n) is 20.8. The third-order valence-corrected chi connectivity index (χ3v) is 6.03. The lowest BCUT2D eigenvalue weighted by Crippen LogP contribution is -2.28. The lowest BCUT2D eigenvalue weighted by molar-refractivity contribution is -0.128. The summed E-state index contributed by atoms with van der Waals surface area (Å²) in [7, 11) is 0. The van der Waals surface area contributed by atoms with E-state index in [9.17, 15) is 9.90 Å². The van der Waals surface area contributed by atoms with Crippen LogP contribution in [-0.2, 0) is 10.2 Å². The van der Waals surface area contributed by atoms with Crippen molar-refractivity contribution in [1.29, 1.82) is 0 Å². The smallest absolute Gasteiger partial charge is 0.175 e. The van der Waals surface area contributed by atoms with E-state index >= 15 is 0 Å². The molecule has 0 amide bonds. The molecule has 0 fully saturated rings. The van der Waals surface area contributed by atoms with Crippen molar-refractivity contribution < 1.29 is 24.5 Å². The first kappa shape index (κ1) is 26.9. The summed E-state index contributed by atoms with van der Waals surface area (Å²) >= 11 is 0. The molecule has 2 N–H and O–H groups in total. The van der Waals surface area contributed by atoms with Gasteiger partial charge in [0, 0.05) is 10.8 Å². The molecule has 182 valence electrons. The summed E-state index contributed by atoms with van der Waals surface area (Å²) in [5, 5.41) is 18.5. The van der Waals surface area contributed by atoms with Gasteiger partial charge in [-0.15, -0.1) is 0 Å². The molecule has 2 aromatic rings. The van der Waals surface area contributed by atoms with Crippen LogP contribution in [0.1, 0.15) is 71.4 Å². The molecule has 33 heavy (non-hydrogen) atoms. The van der Waals surface area contributed by atoms with Gasteiger partial charge in [0.1, 0.15) is 30.8 Å². The number of ether oxygens (including phenoxy) is 2. The van der Waals surface area contributed by atoms with Crippen LogP contribution in [-0.4, -0.2) is 41.9 Å². The second-order valence-corrected chi connectivity index (χ2v) is 9.74. The molecular weight excluding hydrogens is 416 g/mol. The number of rotatable bonds is 13. The number of hydrogen-bond acceptors (Lipinski definition) is 5. The van der Waals surface area contributed by atoms with Gasteiger partial charge < -0.3 is 19.7 Å². The van der Waals surface area contributed by atoms with Gasteiger partial charge in [0.2, 0.25) is 0 Å². The first-order valence-corrected chi connectivity index (χ1v) is 11.9. The van der Waals surface area contributed by atoms with Crippen LogP contribution in [0.4, 0.5) is 0 Å². The Kier molecular flexibility index (Phi) is 9.93. The Hall–Kier alpha value is -2.37. The third kappa shape index (κ3) is 7.31. The molecule has 0 saturated heterocycles. The fourth-order valence-corrected chi connectivity index (χ4v) is 4.07. The minimum Gasteiger partial charge on any atom is -0.491 e. The first-order valence-electron chi connectivity index (χ1n) is 11.9. The molecule has 0 heterocycles. The number of aliphatic hydroxyl groups is 2. The second kappa shape index (κ2) is 12.2. The van der Waals surface area contributed by atoms with Gasteiger partial charge >= 0.3 is 0 Å². The molecule has 0 saturated carbocycles. The summed E-state index contributed by atoms with van der Waals surface area (Å²) in [6.45, 7) is 9.92. The Morgan fingerprint density at radius 1 is 0.848 bits per heavy atom. The Morgan fingerprint density at radius 2 is 1.30 bits per heavy atom. The average Bonchev–Trinajstić information content (AvgIpc) is 2.80. The van der Waals surface area contributed by atoms with Crippen LogP contribution < -0.4 is 9.47 Å². The quantitative estimate of drug-likeness (QED) is 0.428. The van der Waals surface area contributed by atoms with Crippen molar-refractivity contribution >= 4 is 5.78 Å². The van der Waals surface area contributed by atoms with E-state index in [0.717, 1.165) is 25.7 Å². The summed E-state index contributed by atoms with van der Waals surface area (Å²) in [5.74, 6) is 1.44. The molecule has 0 spiro atoms. The molecule has 0 aliphatic heterocycles. The van der Waals surface area contributed by atoms with Crippen LogP contribution in [0.2, 0.25) is 0 Å². The van der Waals surface area contributed by atoms with Crippen LogP contribution in [0, 0.1) is 5.41 Å². The van der Waals surface area contributed by atoms with E-state index < -0.39 is 11.5 Å². The normalized spacial score (nSPS) is 12.9. The lowest BCUT2D eigenvalue weighted by atomic mass is 9.68. The summed E-state index contributed by atoms with van der Waals surface area (Å²) in [4.78, 5) is 12.2. The Bertz CT molecular complexity index is 843. The molecule has 0 aliphatic carbocycles. The molecular formula is C28H40O5. The van der Waals surface area contributed by atoms with E-state index in [1.807, 2.05) is 45.0 Å². The minimum absolute atomic E-state index is 0.0596. The zero-order chi connectivity index (χ0) is 24.5. The second-order valence-electron chi connectivity index (χ2n) is 9.74.